The zero-order chi connectivity index (χ0) is 12.5. The van der Waals surface area contributed by atoms with E-state index in [4.69, 9.17) is 5.84 Å². The van der Waals surface area contributed by atoms with Crippen LogP contribution in [0.15, 0.2) is 12.4 Å². The molecule has 0 spiro atoms. The van der Waals surface area contributed by atoms with E-state index in [2.05, 4.69) is 23.6 Å². The van der Waals surface area contributed by atoms with Crippen molar-refractivity contribution in [3.63, 3.8) is 0 Å². The lowest BCUT2D eigenvalue weighted by molar-refractivity contribution is 0.252. The summed E-state index contributed by atoms with van der Waals surface area (Å²) in [7, 11) is 0. The quantitative estimate of drug-likeness (QED) is 0.620. The first-order valence-corrected chi connectivity index (χ1v) is 7.30. The summed E-state index contributed by atoms with van der Waals surface area (Å²) < 4.78 is 2.03. The van der Waals surface area contributed by atoms with Gasteiger partial charge in [0.2, 0.25) is 0 Å². The van der Waals surface area contributed by atoms with Gasteiger partial charge in [0.15, 0.2) is 0 Å². The Balaban J connectivity index is 1.75. The first kappa shape index (κ1) is 12.2. The van der Waals surface area contributed by atoms with E-state index in [1.165, 1.54) is 31.2 Å². The van der Waals surface area contributed by atoms with Crippen molar-refractivity contribution in [3.05, 3.63) is 18.0 Å². The summed E-state index contributed by atoms with van der Waals surface area (Å²) in [5, 5.41) is 4.43. The first-order valence-electron chi connectivity index (χ1n) is 7.30. The summed E-state index contributed by atoms with van der Waals surface area (Å²) in [5.41, 5.74) is 4.31. The Hall–Kier alpha value is -0.870. The van der Waals surface area contributed by atoms with Crippen molar-refractivity contribution in [2.24, 2.45) is 23.6 Å². The molecule has 0 amide bonds. The molecule has 2 aliphatic rings. The molecule has 0 aliphatic heterocycles. The van der Waals surface area contributed by atoms with E-state index in [0.29, 0.717) is 12.0 Å². The number of nitrogens with two attached hydrogens (primary N) is 1. The van der Waals surface area contributed by atoms with E-state index in [0.717, 1.165) is 24.8 Å². The highest BCUT2D eigenvalue weighted by Crippen LogP contribution is 2.52. The van der Waals surface area contributed by atoms with Crippen LogP contribution in [0.2, 0.25) is 0 Å². The lowest BCUT2D eigenvalue weighted by Gasteiger charge is -2.29. The molecular weight excluding hydrogens is 224 g/mol. The average Bonchev–Trinajstić information content (AvgIpc) is 3.07. The number of rotatable bonds is 5. The van der Waals surface area contributed by atoms with Crippen molar-refractivity contribution in [3.8, 4) is 0 Å². The van der Waals surface area contributed by atoms with Crippen molar-refractivity contribution in [2.75, 3.05) is 0 Å². The SMILES string of the molecule is CCCn1cc(C(NN)C2CC3CCC2C3)cn1. The number of fused-ring (bicyclic) bond motifs is 2. The smallest absolute Gasteiger partial charge is 0.0538 e. The van der Waals surface area contributed by atoms with Crippen molar-refractivity contribution < 1.29 is 0 Å². The molecular formula is C14H24N4. The van der Waals surface area contributed by atoms with Crippen LogP contribution in [0, 0.1) is 17.8 Å². The molecule has 18 heavy (non-hydrogen) atoms. The van der Waals surface area contributed by atoms with Crippen LogP contribution in [0.1, 0.15) is 50.6 Å². The third-order valence-electron chi connectivity index (χ3n) is 4.87. The third kappa shape index (κ3) is 2.08. The predicted molar refractivity (Wildman–Crippen MR) is 71.5 cm³/mol. The maximum atomic E-state index is 5.81. The van der Waals surface area contributed by atoms with Crippen LogP contribution < -0.4 is 11.3 Å². The van der Waals surface area contributed by atoms with Crippen LogP contribution in [0.5, 0.6) is 0 Å². The summed E-state index contributed by atoms with van der Waals surface area (Å²) in [4.78, 5) is 0. The largest absolute Gasteiger partial charge is 0.272 e. The Kier molecular flexibility index (Phi) is 3.39. The lowest BCUT2D eigenvalue weighted by Crippen LogP contribution is -2.35. The van der Waals surface area contributed by atoms with Gasteiger partial charge in [-0.25, -0.2) is 0 Å². The van der Waals surface area contributed by atoms with Gasteiger partial charge in [0.25, 0.3) is 0 Å². The van der Waals surface area contributed by atoms with Crippen LogP contribution in [0.25, 0.3) is 0 Å². The van der Waals surface area contributed by atoms with Gasteiger partial charge in [-0.05, 0) is 43.4 Å². The molecule has 0 radical (unpaired) electrons. The van der Waals surface area contributed by atoms with Gasteiger partial charge in [-0.15, -0.1) is 0 Å². The number of hydrogen-bond acceptors (Lipinski definition) is 3. The molecule has 1 aromatic rings. The molecule has 0 saturated heterocycles. The normalized spacial score (nSPS) is 32.0. The Morgan fingerprint density at radius 1 is 1.50 bits per heavy atom. The van der Waals surface area contributed by atoms with Gasteiger partial charge in [0.05, 0.1) is 12.2 Å². The monoisotopic (exact) mass is 248 g/mol. The molecule has 1 heterocycles. The number of aryl methyl sites for hydroxylation is 1. The van der Waals surface area contributed by atoms with Crippen molar-refractivity contribution in [1.82, 2.24) is 15.2 Å². The molecule has 100 valence electrons. The Morgan fingerprint density at radius 3 is 3.00 bits per heavy atom. The summed E-state index contributed by atoms with van der Waals surface area (Å²) >= 11 is 0. The average molecular weight is 248 g/mol. The molecule has 4 nitrogen and oxygen atoms in total. The Bertz CT molecular complexity index is 400. The second kappa shape index (κ2) is 5.02. The Morgan fingerprint density at radius 2 is 2.39 bits per heavy atom. The molecule has 1 aromatic heterocycles. The van der Waals surface area contributed by atoms with Crippen molar-refractivity contribution in [2.45, 2.75) is 51.6 Å². The fourth-order valence-corrected chi connectivity index (χ4v) is 4.06. The van der Waals surface area contributed by atoms with E-state index in [-0.39, 0.29) is 0 Å². The predicted octanol–water partition coefficient (Wildman–Crippen LogP) is 2.23. The van der Waals surface area contributed by atoms with Crippen LogP contribution in [-0.4, -0.2) is 9.78 Å². The molecule has 3 rings (SSSR count). The van der Waals surface area contributed by atoms with Gasteiger partial charge in [0.1, 0.15) is 0 Å². The molecule has 2 aliphatic carbocycles. The minimum atomic E-state index is 0.297. The van der Waals surface area contributed by atoms with Crippen molar-refractivity contribution >= 4 is 0 Å². The van der Waals surface area contributed by atoms with Gasteiger partial charge in [0, 0.05) is 18.3 Å². The number of nitrogens with one attached hydrogen (secondary N) is 1. The maximum Gasteiger partial charge on any atom is 0.0538 e. The molecule has 2 bridgehead atoms. The lowest BCUT2D eigenvalue weighted by atomic mass is 9.81. The summed E-state index contributed by atoms with van der Waals surface area (Å²) in [6.45, 7) is 3.17. The fourth-order valence-electron chi connectivity index (χ4n) is 4.06. The molecule has 0 aromatic carbocycles. The zero-order valence-corrected chi connectivity index (χ0v) is 11.2. The van der Waals surface area contributed by atoms with Crippen LogP contribution in [-0.2, 0) is 6.54 Å². The summed E-state index contributed by atoms with van der Waals surface area (Å²) in [6, 6.07) is 0.297. The fraction of sp³-hybridized carbons (Fsp3) is 0.786. The minimum absolute atomic E-state index is 0.297. The zero-order valence-electron chi connectivity index (χ0n) is 11.2. The van der Waals surface area contributed by atoms with E-state index < -0.39 is 0 Å². The highest BCUT2D eigenvalue weighted by molar-refractivity contribution is 5.14. The summed E-state index contributed by atoms with van der Waals surface area (Å²) in [6.07, 6.45) is 10.9. The highest BCUT2D eigenvalue weighted by Gasteiger charge is 2.43. The molecule has 2 fully saturated rings. The van der Waals surface area contributed by atoms with E-state index in [1.54, 1.807) is 0 Å². The summed E-state index contributed by atoms with van der Waals surface area (Å²) in [5.74, 6) is 8.37. The number of aromatic nitrogens is 2. The van der Waals surface area contributed by atoms with E-state index in [1.807, 2.05) is 10.9 Å². The topological polar surface area (TPSA) is 55.9 Å². The van der Waals surface area contributed by atoms with Gasteiger partial charge in [-0.1, -0.05) is 13.3 Å². The van der Waals surface area contributed by atoms with Crippen molar-refractivity contribution in [1.29, 1.82) is 0 Å². The second-order valence-corrected chi connectivity index (χ2v) is 6.02. The standard InChI is InChI=1S/C14H24N4/c1-2-5-18-9-12(8-16-18)14(17-15)13-7-10-3-4-11(13)6-10/h8-11,13-14,17H,2-7,15H2,1H3. The van der Waals surface area contributed by atoms with Crippen LogP contribution >= 0.6 is 0 Å². The van der Waals surface area contributed by atoms with Gasteiger partial charge < -0.3 is 0 Å². The molecule has 4 unspecified atom stereocenters. The third-order valence-corrected chi connectivity index (χ3v) is 4.87. The first-order chi connectivity index (χ1) is 8.81. The number of hydrogen-bond donors (Lipinski definition) is 2. The Labute approximate surface area is 109 Å². The van der Waals surface area contributed by atoms with E-state index in [9.17, 15) is 0 Å². The molecule has 2 saturated carbocycles. The molecule has 3 N–H and O–H groups in total. The maximum absolute atomic E-state index is 5.81. The van der Waals surface area contributed by atoms with Gasteiger partial charge >= 0.3 is 0 Å². The second-order valence-electron chi connectivity index (χ2n) is 6.02. The van der Waals surface area contributed by atoms with Crippen LogP contribution in [0.3, 0.4) is 0 Å². The number of hydrazine groups is 1. The highest BCUT2D eigenvalue weighted by atomic mass is 15.3. The van der Waals surface area contributed by atoms with Gasteiger partial charge in [-0.3, -0.25) is 16.0 Å². The van der Waals surface area contributed by atoms with Gasteiger partial charge in [-0.2, -0.15) is 5.10 Å². The molecule has 4 atom stereocenters. The minimum Gasteiger partial charge on any atom is -0.272 e. The molecule has 4 heteroatoms. The number of nitrogens with zero attached hydrogens (tertiary/aromatic N) is 2. The van der Waals surface area contributed by atoms with Crippen LogP contribution in [0.4, 0.5) is 0 Å². The van der Waals surface area contributed by atoms with E-state index >= 15 is 0 Å².